The van der Waals surface area contributed by atoms with E-state index in [4.69, 9.17) is 14.7 Å². The molecule has 0 saturated carbocycles. The summed E-state index contributed by atoms with van der Waals surface area (Å²) in [4.78, 5) is 22.2. The van der Waals surface area contributed by atoms with Gasteiger partial charge in [-0.25, -0.2) is 9.78 Å². The first kappa shape index (κ1) is 19.4. The van der Waals surface area contributed by atoms with Crippen LogP contribution in [0.25, 0.3) is 0 Å². The summed E-state index contributed by atoms with van der Waals surface area (Å²) >= 11 is 0. The molecule has 140 valence electrons. The molecule has 10 heteroatoms. The number of aromatic amines is 1. The smallest absolute Gasteiger partial charge is 0.416 e. The van der Waals surface area contributed by atoms with E-state index in [0.717, 1.165) is 12.1 Å². The van der Waals surface area contributed by atoms with Crippen LogP contribution in [0.1, 0.15) is 17.0 Å². The summed E-state index contributed by atoms with van der Waals surface area (Å²) in [5.74, 6) is -0.608. The van der Waals surface area contributed by atoms with E-state index in [1.165, 1.54) is 18.3 Å². The molecule has 1 aromatic carbocycles. The van der Waals surface area contributed by atoms with E-state index in [-0.39, 0.29) is 30.9 Å². The molecule has 0 atom stereocenters. The Bertz CT molecular complexity index is 745. The number of hydrogen-bond donors (Lipinski definition) is 2. The maximum atomic E-state index is 12.9. The lowest BCUT2D eigenvalue weighted by atomic mass is 10.0. The Morgan fingerprint density at radius 2 is 2.12 bits per heavy atom. The zero-order chi connectivity index (χ0) is 19.0. The van der Waals surface area contributed by atoms with Crippen molar-refractivity contribution in [3.8, 4) is 0 Å². The first-order chi connectivity index (χ1) is 12.4. The first-order valence-corrected chi connectivity index (χ1v) is 7.50. The number of ether oxygens (including phenoxy) is 1. The summed E-state index contributed by atoms with van der Waals surface area (Å²) in [5.41, 5.74) is -0.320. The highest BCUT2D eigenvalue weighted by Gasteiger charge is 2.30. The highest BCUT2D eigenvalue weighted by Crippen LogP contribution is 2.29. The second kappa shape index (κ2) is 8.99. The topological polar surface area (TPSA) is 96.8 Å². The second-order valence-corrected chi connectivity index (χ2v) is 5.11. The molecule has 0 saturated heterocycles. The van der Waals surface area contributed by atoms with E-state index >= 15 is 0 Å². The van der Waals surface area contributed by atoms with Gasteiger partial charge in [-0.1, -0.05) is 17.3 Å². The van der Waals surface area contributed by atoms with E-state index in [2.05, 4.69) is 15.1 Å². The van der Waals surface area contributed by atoms with Crippen LogP contribution in [0.4, 0.5) is 13.2 Å². The number of alkyl halides is 3. The Hall–Kier alpha value is -2.88. The van der Waals surface area contributed by atoms with Gasteiger partial charge in [0.05, 0.1) is 24.3 Å². The van der Waals surface area contributed by atoms with Crippen LogP contribution in [-0.2, 0) is 27.0 Å². The third kappa shape index (κ3) is 6.20. The molecule has 0 unspecified atom stereocenters. The molecule has 1 aromatic heterocycles. The standard InChI is InChI=1S/C16H16F3N3O4/c17-16(18,19)12-3-1-2-11(8-12)13(9-14-20-4-5-21-14)22-26-7-6-25-10-15(23)24/h1-5,8H,6-7,9-10H2,(H,20,21)(H,23,24). The minimum Gasteiger partial charge on any atom is -0.480 e. The van der Waals surface area contributed by atoms with E-state index < -0.39 is 24.3 Å². The van der Waals surface area contributed by atoms with Crippen LogP contribution >= 0.6 is 0 Å². The van der Waals surface area contributed by atoms with Crippen LogP contribution < -0.4 is 0 Å². The third-order valence-electron chi connectivity index (χ3n) is 3.13. The molecule has 7 nitrogen and oxygen atoms in total. The van der Waals surface area contributed by atoms with Crippen LogP contribution in [0.15, 0.2) is 41.8 Å². The highest BCUT2D eigenvalue weighted by atomic mass is 19.4. The van der Waals surface area contributed by atoms with Crippen molar-refractivity contribution in [1.82, 2.24) is 9.97 Å². The number of carboxylic acid groups (broad SMARTS) is 1. The van der Waals surface area contributed by atoms with Gasteiger partial charge in [-0.05, 0) is 12.1 Å². The Morgan fingerprint density at radius 3 is 2.77 bits per heavy atom. The minimum absolute atomic E-state index is 0.0214. The molecule has 0 fully saturated rings. The van der Waals surface area contributed by atoms with Gasteiger partial charge < -0.3 is 19.7 Å². The number of nitrogens with one attached hydrogen (secondary N) is 1. The first-order valence-electron chi connectivity index (χ1n) is 7.50. The minimum atomic E-state index is -4.47. The van der Waals surface area contributed by atoms with Gasteiger partial charge in [0.25, 0.3) is 0 Å². The summed E-state index contributed by atoms with van der Waals surface area (Å²) in [5, 5.41) is 12.3. The number of hydrogen-bond acceptors (Lipinski definition) is 5. The normalized spacial score (nSPS) is 12.2. The molecular weight excluding hydrogens is 355 g/mol. The van der Waals surface area contributed by atoms with Crippen LogP contribution in [0.3, 0.4) is 0 Å². The van der Waals surface area contributed by atoms with Crippen molar-refractivity contribution >= 4 is 11.7 Å². The van der Waals surface area contributed by atoms with Crippen molar-refractivity contribution in [1.29, 1.82) is 0 Å². The summed E-state index contributed by atoms with van der Waals surface area (Å²) in [7, 11) is 0. The fraction of sp³-hybridized carbons (Fsp3) is 0.312. The SMILES string of the molecule is O=C(O)COCCON=C(Cc1ncc[nH]1)c1cccc(C(F)(F)F)c1. The van der Waals surface area contributed by atoms with E-state index in [1.54, 1.807) is 6.20 Å². The number of benzene rings is 1. The molecular formula is C16H16F3N3O4. The van der Waals surface area contributed by atoms with Gasteiger partial charge in [0.1, 0.15) is 19.0 Å². The number of imidazole rings is 1. The summed E-state index contributed by atoms with van der Waals surface area (Å²) in [6.45, 7) is -0.541. The number of H-pyrrole nitrogens is 1. The average molecular weight is 371 g/mol. The molecule has 0 aliphatic rings. The zero-order valence-corrected chi connectivity index (χ0v) is 13.5. The van der Waals surface area contributed by atoms with Crippen LogP contribution in [0, 0.1) is 0 Å². The Morgan fingerprint density at radius 1 is 1.31 bits per heavy atom. The number of nitrogens with zero attached hydrogens (tertiary/aromatic N) is 2. The molecule has 26 heavy (non-hydrogen) atoms. The van der Waals surface area contributed by atoms with E-state index in [9.17, 15) is 18.0 Å². The quantitative estimate of drug-likeness (QED) is 0.401. The fourth-order valence-electron chi connectivity index (χ4n) is 1.99. The van der Waals surface area contributed by atoms with Crippen molar-refractivity contribution in [2.45, 2.75) is 12.6 Å². The van der Waals surface area contributed by atoms with Gasteiger partial charge in [-0.3, -0.25) is 0 Å². The number of halogens is 3. The number of oxime groups is 1. The van der Waals surface area contributed by atoms with Gasteiger partial charge in [0, 0.05) is 18.0 Å². The molecule has 1 heterocycles. The summed E-state index contributed by atoms with van der Waals surface area (Å²) in [6, 6.07) is 4.72. The molecule has 2 aromatic rings. The molecule has 0 spiro atoms. The molecule has 0 radical (unpaired) electrons. The number of rotatable bonds is 9. The number of carbonyl (C=O) groups is 1. The fourth-order valence-corrected chi connectivity index (χ4v) is 1.99. The molecule has 0 amide bonds. The van der Waals surface area contributed by atoms with Gasteiger partial charge in [0.2, 0.25) is 0 Å². The predicted octanol–water partition coefficient (Wildman–Crippen LogP) is 2.49. The van der Waals surface area contributed by atoms with Crippen LogP contribution in [0.5, 0.6) is 0 Å². The van der Waals surface area contributed by atoms with E-state index in [1.807, 2.05) is 0 Å². The molecule has 0 aliphatic carbocycles. The van der Waals surface area contributed by atoms with Crippen LogP contribution in [-0.4, -0.2) is 46.6 Å². The Kier molecular flexibility index (Phi) is 6.73. The van der Waals surface area contributed by atoms with Gasteiger partial charge in [-0.2, -0.15) is 13.2 Å². The summed E-state index contributed by atoms with van der Waals surface area (Å²) < 4.78 is 43.5. The van der Waals surface area contributed by atoms with Crippen LogP contribution in [0.2, 0.25) is 0 Å². The Balaban J connectivity index is 2.11. The van der Waals surface area contributed by atoms with Crippen molar-refractivity contribution < 1.29 is 32.6 Å². The number of aliphatic carboxylic acids is 1. The second-order valence-electron chi connectivity index (χ2n) is 5.11. The number of aromatic nitrogens is 2. The van der Waals surface area contributed by atoms with Crippen molar-refractivity contribution in [2.24, 2.45) is 5.16 Å². The number of carboxylic acids is 1. The third-order valence-corrected chi connectivity index (χ3v) is 3.13. The van der Waals surface area contributed by atoms with Gasteiger partial charge in [-0.15, -0.1) is 0 Å². The highest BCUT2D eigenvalue weighted by molar-refractivity contribution is 6.01. The van der Waals surface area contributed by atoms with Crippen molar-refractivity contribution in [3.05, 3.63) is 53.6 Å². The van der Waals surface area contributed by atoms with Gasteiger partial charge in [0.15, 0.2) is 0 Å². The average Bonchev–Trinajstić information content (AvgIpc) is 3.09. The van der Waals surface area contributed by atoms with Crippen molar-refractivity contribution in [2.75, 3.05) is 19.8 Å². The lowest BCUT2D eigenvalue weighted by Crippen LogP contribution is -2.13. The van der Waals surface area contributed by atoms with Gasteiger partial charge >= 0.3 is 12.1 Å². The molecule has 0 aliphatic heterocycles. The predicted molar refractivity (Wildman–Crippen MR) is 84.7 cm³/mol. The lowest BCUT2D eigenvalue weighted by molar-refractivity contribution is -0.142. The molecule has 0 bridgehead atoms. The van der Waals surface area contributed by atoms with Crippen molar-refractivity contribution in [3.63, 3.8) is 0 Å². The maximum Gasteiger partial charge on any atom is 0.416 e. The molecule has 2 rings (SSSR count). The Labute approximate surface area is 146 Å². The largest absolute Gasteiger partial charge is 0.480 e. The summed E-state index contributed by atoms with van der Waals surface area (Å²) in [6.07, 6.45) is -1.25. The lowest BCUT2D eigenvalue weighted by Gasteiger charge is -2.10. The maximum absolute atomic E-state index is 12.9. The molecule has 2 N–H and O–H groups in total. The van der Waals surface area contributed by atoms with E-state index in [0.29, 0.717) is 5.82 Å². The zero-order valence-electron chi connectivity index (χ0n) is 13.5. The monoisotopic (exact) mass is 371 g/mol.